The van der Waals surface area contributed by atoms with E-state index in [-0.39, 0.29) is 0 Å². The van der Waals surface area contributed by atoms with Gasteiger partial charge < -0.3 is 0 Å². The van der Waals surface area contributed by atoms with Crippen molar-refractivity contribution in [3.63, 3.8) is 0 Å². The third-order valence-corrected chi connectivity index (χ3v) is 2.30. The van der Waals surface area contributed by atoms with Gasteiger partial charge in [0.05, 0.1) is 0 Å². The average Bonchev–Trinajstić information content (AvgIpc) is 2.00. The van der Waals surface area contributed by atoms with Crippen molar-refractivity contribution < 1.29 is 0 Å². The van der Waals surface area contributed by atoms with E-state index in [1.54, 1.807) is 0 Å². The lowest BCUT2D eigenvalue weighted by Crippen LogP contribution is -2.08. The van der Waals surface area contributed by atoms with Crippen molar-refractivity contribution in [1.29, 1.82) is 0 Å². The highest BCUT2D eigenvalue weighted by Crippen LogP contribution is 2.27. The minimum Gasteiger partial charge on any atom is -0.0683 e. The summed E-state index contributed by atoms with van der Waals surface area (Å²) in [6, 6.07) is 0. The molecular formula is C10H22. The molecule has 0 aromatic carbocycles. The molecule has 0 spiro atoms. The second kappa shape index (κ2) is 5.76. The minimum absolute atomic E-state index is 1.02. The molecule has 1 aliphatic carbocycles. The fourth-order valence-electron chi connectivity index (χ4n) is 1.43. The lowest BCUT2D eigenvalue weighted by atomic mass is 9.84. The van der Waals surface area contributed by atoms with Gasteiger partial charge in [0.2, 0.25) is 0 Å². The lowest BCUT2D eigenvalue weighted by Gasteiger charge is -2.22. The minimum atomic E-state index is 1.02. The molecule has 1 saturated carbocycles. The Morgan fingerprint density at radius 1 is 0.700 bits per heavy atom. The Kier molecular flexibility index (Phi) is 5.76. The van der Waals surface area contributed by atoms with Gasteiger partial charge in [-0.25, -0.2) is 0 Å². The van der Waals surface area contributed by atoms with Crippen LogP contribution in [0, 0.1) is 11.8 Å². The van der Waals surface area contributed by atoms with E-state index in [0.29, 0.717) is 0 Å². The maximum atomic E-state index is 2.37. The van der Waals surface area contributed by atoms with Crippen LogP contribution in [0.2, 0.25) is 0 Å². The Morgan fingerprint density at radius 2 is 0.900 bits per heavy atom. The van der Waals surface area contributed by atoms with Crippen molar-refractivity contribution in [2.45, 2.75) is 53.4 Å². The summed E-state index contributed by atoms with van der Waals surface area (Å²) in [4.78, 5) is 0. The molecule has 0 nitrogen and oxygen atoms in total. The maximum absolute atomic E-state index is 2.37. The van der Waals surface area contributed by atoms with Crippen molar-refractivity contribution in [1.82, 2.24) is 0 Å². The summed E-state index contributed by atoms with van der Waals surface area (Å²) in [5.74, 6) is 2.04. The van der Waals surface area contributed by atoms with Gasteiger partial charge in [0.15, 0.2) is 0 Å². The van der Waals surface area contributed by atoms with Crippen LogP contribution in [0.5, 0.6) is 0 Å². The first kappa shape index (κ1) is 10.0. The van der Waals surface area contributed by atoms with Crippen LogP contribution >= 0.6 is 0 Å². The summed E-state index contributed by atoms with van der Waals surface area (Å²) >= 11 is 0. The van der Waals surface area contributed by atoms with Crippen LogP contribution < -0.4 is 0 Å². The van der Waals surface area contributed by atoms with Gasteiger partial charge in [0, 0.05) is 0 Å². The Hall–Kier alpha value is 0. The average molecular weight is 142 g/mol. The van der Waals surface area contributed by atoms with E-state index in [2.05, 4.69) is 13.8 Å². The summed E-state index contributed by atoms with van der Waals surface area (Å²) in [6.07, 6.45) is 5.89. The Bertz CT molecular complexity index is 48.4. The van der Waals surface area contributed by atoms with E-state index in [9.17, 15) is 0 Å². The van der Waals surface area contributed by atoms with Gasteiger partial charge in [-0.2, -0.15) is 0 Å². The van der Waals surface area contributed by atoms with Crippen LogP contribution in [0.15, 0.2) is 0 Å². The van der Waals surface area contributed by atoms with Gasteiger partial charge in [-0.05, 0) is 11.8 Å². The molecule has 1 fully saturated rings. The summed E-state index contributed by atoms with van der Waals surface area (Å²) in [7, 11) is 0. The summed E-state index contributed by atoms with van der Waals surface area (Å²) in [5, 5.41) is 0. The van der Waals surface area contributed by atoms with Gasteiger partial charge in [0.25, 0.3) is 0 Å². The molecule has 0 saturated heterocycles. The topological polar surface area (TPSA) is 0 Å². The van der Waals surface area contributed by atoms with Crippen LogP contribution in [0.25, 0.3) is 0 Å². The SMILES string of the molecule is CC.CC1CCC(C)CC1. The predicted molar refractivity (Wildman–Crippen MR) is 48.1 cm³/mol. The van der Waals surface area contributed by atoms with Crippen molar-refractivity contribution in [3.8, 4) is 0 Å². The van der Waals surface area contributed by atoms with Crippen LogP contribution in [0.3, 0.4) is 0 Å². The molecule has 1 rings (SSSR count). The molecule has 0 radical (unpaired) electrons. The molecule has 0 unspecified atom stereocenters. The van der Waals surface area contributed by atoms with Gasteiger partial charge in [0.1, 0.15) is 0 Å². The molecule has 1 aliphatic rings. The van der Waals surface area contributed by atoms with Crippen molar-refractivity contribution in [2.75, 3.05) is 0 Å². The molecule has 0 aliphatic heterocycles. The molecule has 0 atom stereocenters. The summed E-state index contributed by atoms with van der Waals surface area (Å²) in [6.45, 7) is 8.73. The molecule has 0 aromatic heterocycles. The highest BCUT2D eigenvalue weighted by molar-refractivity contribution is 4.65. The molecule has 10 heavy (non-hydrogen) atoms. The van der Waals surface area contributed by atoms with E-state index in [1.807, 2.05) is 13.8 Å². The van der Waals surface area contributed by atoms with Gasteiger partial charge >= 0.3 is 0 Å². The first-order valence-corrected chi connectivity index (χ1v) is 4.79. The Balaban J connectivity index is 0.000000371. The highest BCUT2D eigenvalue weighted by Gasteiger charge is 2.13. The molecule has 0 amide bonds. The molecule has 0 bridgehead atoms. The molecule has 62 valence electrons. The van der Waals surface area contributed by atoms with Crippen LogP contribution in [0.4, 0.5) is 0 Å². The molecule has 0 heteroatoms. The zero-order valence-electron chi connectivity index (χ0n) is 7.98. The van der Waals surface area contributed by atoms with Crippen molar-refractivity contribution >= 4 is 0 Å². The standard InChI is InChI=1S/C8H16.C2H6/c1-7-3-5-8(2)6-4-7;1-2/h7-8H,3-6H2,1-2H3;1-2H3. The first-order valence-electron chi connectivity index (χ1n) is 4.79. The largest absolute Gasteiger partial charge is 0.0683 e. The van der Waals surface area contributed by atoms with Gasteiger partial charge in [-0.3, -0.25) is 0 Å². The van der Waals surface area contributed by atoms with E-state index >= 15 is 0 Å². The van der Waals surface area contributed by atoms with Crippen LogP contribution in [-0.4, -0.2) is 0 Å². The van der Waals surface area contributed by atoms with Crippen molar-refractivity contribution in [3.05, 3.63) is 0 Å². The smallest absolute Gasteiger partial charge is 0.0443 e. The molecule has 0 heterocycles. The summed E-state index contributed by atoms with van der Waals surface area (Å²) in [5.41, 5.74) is 0. The monoisotopic (exact) mass is 142 g/mol. The Labute approximate surface area is 66.0 Å². The van der Waals surface area contributed by atoms with Gasteiger partial charge in [-0.15, -0.1) is 0 Å². The number of rotatable bonds is 0. The van der Waals surface area contributed by atoms with E-state index in [0.717, 1.165) is 11.8 Å². The zero-order valence-corrected chi connectivity index (χ0v) is 7.98. The fourth-order valence-corrected chi connectivity index (χ4v) is 1.43. The van der Waals surface area contributed by atoms with Crippen LogP contribution in [0.1, 0.15) is 53.4 Å². The molecular weight excluding hydrogens is 120 g/mol. The second-order valence-electron chi connectivity index (χ2n) is 3.37. The quantitative estimate of drug-likeness (QED) is 0.482. The normalized spacial score (nSPS) is 32.4. The first-order chi connectivity index (χ1) is 4.79. The maximum Gasteiger partial charge on any atom is -0.0443 e. The van der Waals surface area contributed by atoms with E-state index in [1.165, 1.54) is 25.7 Å². The third kappa shape index (κ3) is 3.92. The van der Waals surface area contributed by atoms with E-state index < -0.39 is 0 Å². The lowest BCUT2D eigenvalue weighted by molar-refractivity contribution is 0.308. The Morgan fingerprint density at radius 3 is 1.10 bits per heavy atom. The number of hydrogen-bond donors (Lipinski definition) is 0. The molecule has 0 N–H and O–H groups in total. The van der Waals surface area contributed by atoms with Crippen LogP contribution in [-0.2, 0) is 0 Å². The molecule has 0 aromatic rings. The summed E-state index contributed by atoms with van der Waals surface area (Å²) < 4.78 is 0. The van der Waals surface area contributed by atoms with E-state index in [4.69, 9.17) is 0 Å². The van der Waals surface area contributed by atoms with Gasteiger partial charge in [-0.1, -0.05) is 53.4 Å². The second-order valence-corrected chi connectivity index (χ2v) is 3.37. The highest BCUT2D eigenvalue weighted by atomic mass is 14.2. The zero-order chi connectivity index (χ0) is 7.98. The third-order valence-electron chi connectivity index (χ3n) is 2.30. The fraction of sp³-hybridized carbons (Fsp3) is 1.00. The predicted octanol–water partition coefficient (Wildman–Crippen LogP) is 3.86. The van der Waals surface area contributed by atoms with Crippen molar-refractivity contribution in [2.24, 2.45) is 11.8 Å². The number of hydrogen-bond acceptors (Lipinski definition) is 0.